The number of aliphatic hydroxyl groups is 2. The molecule has 1 heterocycles. The third-order valence-corrected chi connectivity index (χ3v) is 1.83. The Kier molecular flexibility index (Phi) is 2.97. The van der Waals surface area contributed by atoms with Gasteiger partial charge in [0.15, 0.2) is 5.82 Å². The van der Waals surface area contributed by atoms with E-state index in [9.17, 15) is 5.11 Å². The van der Waals surface area contributed by atoms with E-state index in [1.807, 2.05) is 0 Å². The molecule has 6 nitrogen and oxygen atoms in total. The average Bonchev–Trinajstić information content (AvgIpc) is 2.42. The van der Waals surface area contributed by atoms with E-state index in [2.05, 4.69) is 10.4 Å². The maximum atomic E-state index is 9.49. The lowest BCUT2D eigenvalue weighted by atomic mass is 10.1. The van der Waals surface area contributed by atoms with Crippen LogP contribution in [-0.2, 0) is 7.05 Å². The van der Waals surface area contributed by atoms with Gasteiger partial charge in [-0.15, -0.1) is 0 Å². The minimum atomic E-state index is -1.16. The highest BCUT2D eigenvalue weighted by Gasteiger charge is 2.19. The minimum Gasteiger partial charge on any atom is -0.394 e. The highest BCUT2D eigenvalue weighted by molar-refractivity contribution is 5.59. The molecule has 5 N–H and O–H groups in total. The van der Waals surface area contributed by atoms with Crippen molar-refractivity contribution in [2.45, 2.75) is 12.5 Å². The summed E-state index contributed by atoms with van der Waals surface area (Å²) in [6.45, 7) is 1.41. The smallest absolute Gasteiger partial charge is 0.171 e. The zero-order valence-electron chi connectivity index (χ0n) is 8.36. The second-order valence-corrected chi connectivity index (χ2v) is 3.62. The molecule has 1 rings (SSSR count). The third-order valence-electron chi connectivity index (χ3n) is 1.83. The van der Waals surface area contributed by atoms with Crippen LogP contribution in [0.4, 0.5) is 11.5 Å². The standard InChI is InChI=1S/C8H16N4O2/c1-8(14,5-13)4-10-7-6(9)3-12(2)11-7/h3,13-14H,4-5,9H2,1-2H3,(H,10,11). The molecule has 0 saturated heterocycles. The first-order chi connectivity index (χ1) is 6.44. The zero-order chi connectivity index (χ0) is 10.8. The number of nitrogens with zero attached hydrogens (tertiary/aromatic N) is 2. The van der Waals surface area contributed by atoms with Gasteiger partial charge in [-0.25, -0.2) is 0 Å². The summed E-state index contributed by atoms with van der Waals surface area (Å²) in [7, 11) is 1.76. The number of aliphatic hydroxyl groups excluding tert-OH is 1. The number of rotatable bonds is 4. The van der Waals surface area contributed by atoms with Crippen molar-refractivity contribution in [1.82, 2.24) is 9.78 Å². The Morgan fingerprint density at radius 1 is 1.71 bits per heavy atom. The first-order valence-corrected chi connectivity index (χ1v) is 4.31. The number of hydrogen-bond donors (Lipinski definition) is 4. The van der Waals surface area contributed by atoms with Gasteiger partial charge in [-0.2, -0.15) is 5.10 Å². The molecule has 0 saturated carbocycles. The van der Waals surface area contributed by atoms with Gasteiger partial charge in [0.05, 0.1) is 12.3 Å². The fourth-order valence-corrected chi connectivity index (χ4v) is 0.974. The summed E-state index contributed by atoms with van der Waals surface area (Å²) in [4.78, 5) is 0. The summed E-state index contributed by atoms with van der Waals surface area (Å²) in [5.74, 6) is 0.515. The van der Waals surface area contributed by atoms with Crippen molar-refractivity contribution in [3.8, 4) is 0 Å². The van der Waals surface area contributed by atoms with Gasteiger partial charge in [-0.3, -0.25) is 4.68 Å². The summed E-state index contributed by atoms with van der Waals surface area (Å²) in [6, 6.07) is 0. The molecule has 1 aromatic heterocycles. The molecule has 0 aliphatic carbocycles. The van der Waals surface area contributed by atoms with Crippen LogP contribution in [0.25, 0.3) is 0 Å². The van der Waals surface area contributed by atoms with E-state index in [0.29, 0.717) is 11.5 Å². The predicted octanol–water partition coefficient (Wildman–Crippen LogP) is -0.842. The quantitative estimate of drug-likeness (QED) is 0.508. The first-order valence-electron chi connectivity index (χ1n) is 4.31. The molecule has 0 bridgehead atoms. The van der Waals surface area contributed by atoms with Gasteiger partial charge in [-0.05, 0) is 6.92 Å². The van der Waals surface area contributed by atoms with E-state index in [4.69, 9.17) is 10.8 Å². The highest BCUT2D eigenvalue weighted by atomic mass is 16.3. The van der Waals surface area contributed by atoms with Crippen LogP contribution >= 0.6 is 0 Å². The molecule has 1 aromatic rings. The molecule has 0 aliphatic rings. The number of nitrogens with one attached hydrogen (secondary N) is 1. The van der Waals surface area contributed by atoms with Gasteiger partial charge >= 0.3 is 0 Å². The van der Waals surface area contributed by atoms with Crippen molar-refractivity contribution < 1.29 is 10.2 Å². The topological polar surface area (TPSA) is 96.3 Å². The molecular formula is C8H16N4O2. The van der Waals surface area contributed by atoms with Crippen LogP contribution in [0.5, 0.6) is 0 Å². The SMILES string of the molecule is Cn1cc(N)c(NCC(C)(O)CO)n1. The van der Waals surface area contributed by atoms with E-state index in [0.717, 1.165) is 0 Å². The first kappa shape index (κ1) is 10.8. The lowest BCUT2D eigenvalue weighted by Crippen LogP contribution is -2.37. The van der Waals surface area contributed by atoms with Crippen molar-refractivity contribution >= 4 is 11.5 Å². The maximum Gasteiger partial charge on any atom is 0.171 e. The fourth-order valence-electron chi connectivity index (χ4n) is 0.974. The van der Waals surface area contributed by atoms with E-state index >= 15 is 0 Å². The van der Waals surface area contributed by atoms with E-state index in [1.165, 1.54) is 6.92 Å². The van der Waals surface area contributed by atoms with Crippen molar-refractivity contribution in [1.29, 1.82) is 0 Å². The van der Waals surface area contributed by atoms with Crippen LogP contribution in [0.3, 0.4) is 0 Å². The third kappa shape index (κ3) is 2.61. The van der Waals surface area contributed by atoms with Crippen LogP contribution in [0.15, 0.2) is 6.20 Å². The van der Waals surface area contributed by atoms with E-state index in [-0.39, 0.29) is 13.2 Å². The Morgan fingerprint density at radius 3 is 2.79 bits per heavy atom. The van der Waals surface area contributed by atoms with Crippen LogP contribution in [0.2, 0.25) is 0 Å². The molecule has 1 unspecified atom stereocenters. The Balaban J connectivity index is 2.58. The summed E-state index contributed by atoms with van der Waals surface area (Å²) in [5, 5.41) is 25.2. The highest BCUT2D eigenvalue weighted by Crippen LogP contribution is 2.15. The van der Waals surface area contributed by atoms with Gasteiger partial charge in [0.25, 0.3) is 0 Å². The molecule has 1 atom stereocenters. The molecular weight excluding hydrogens is 184 g/mol. The Morgan fingerprint density at radius 2 is 2.36 bits per heavy atom. The minimum absolute atomic E-state index is 0.199. The normalized spacial score (nSPS) is 15.1. The second-order valence-electron chi connectivity index (χ2n) is 3.62. The number of nitrogens with two attached hydrogens (primary N) is 1. The average molecular weight is 200 g/mol. The number of aromatic nitrogens is 2. The largest absolute Gasteiger partial charge is 0.394 e. The van der Waals surface area contributed by atoms with Crippen molar-refractivity contribution in [3.63, 3.8) is 0 Å². The Bertz CT molecular complexity index is 308. The van der Waals surface area contributed by atoms with Gasteiger partial charge < -0.3 is 21.3 Å². The maximum absolute atomic E-state index is 9.49. The van der Waals surface area contributed by atoms with Gasteiger partial charge in [0.2, 0.25) is 0 Å². The monoisotopic (exact) mass is 200 g/mol. The summed E-state index contributed by atoms with van der Waals surface area (Å²) >= 11 is 0. The number of aryl methyl sites for hydroxylation is 1. The number of nitrogen functional groups attached to an aromatic ring is 1. The van der Waals surface area contributed by atoms with Crippen LogP contribution in [-0.4, -0.2) is 38.7 Å². The Hall–Kier alpha value is -1.27. The number of anilines is 2. The van der Waals surface area contributed by atoms with Gasteiger partial charge in [0.1, 0.15) is 5.60 Å². The predicted molar refractivity (Wildman–Crippen MR) is 53.8 cm³/mol. The zero-order valence-corrected chi connectivity index (χ0v) is 8.36. The van der Waals surface area contributed by atoms with E-state index in [1.54, 1.807) is 17.9 Å². The molecule has 0 amide bonds. The van der Waals surface area contributed by atoms with Crippen LogP contribution in [0, 0.1) is 0 Å². The van der Waals surface area contributed by atoms with Crippen molar-refractivity contribution in [2.24, 2.45) is 7.05 Å². The Labute approximate surface area is 82.3 Å². The van der Waals surface area contributed by atoms with Crippen molar-refractivity contribution in [3.05, 3.63) is 6.20 Å². The summed E-state index contributed by atoms with van der Waals surface area (Å²) < 4.78 is 1.57. The lowest BCUT2D eigenvalue weighted by molar-refractivity contribution is 0.0132. The molecule has 0 aromatic carbocycles. The van der Waals surface area contributed by atoms with Crippen molar-refractivity contribution in [2.75, 3.05) is 24.2 Å². The molecule has 80 valence electrons. The molecule has 0 spiro atoms. The van der Waals surface area contributed by atoms with Gasteiger partial charge in [-0.1, -0.05) is 0 Å². The van der Waals surface area contributed by atoms with Crippen LogP contribution < -0.4 is 11.1 Å². The lowest BCUT2D eigenvalue weighted by Gasteiger charge is -2.20. The molecule has 14 heavy (non-hydrogen) atoms. The van der Waals surface area contributed by atoms with Gasteiger partial charge in [0, 0.05) is 19.8 Å². The van der Waals surface area contributed by atoms with E-state index < -0.39 is 5.60 Å². The molecule has 0 fully saturated rings. The molecule has 0 aliphatic heterocycles. The molecule has 0 radical (unpaired) electrons. The van der Waals surface area contributed by atoms with Crippen LogP contribution in [0.1, 0.15) is 6.92 Å². The summed E-state index contributed by atoms with van der Waals surface area (Å²) in [6.07, 6.45) is 1.66. The number of hydrogen-bond acceptors (Lipinski definition) is 5. The molecule has 6 heteroatoms. The fraction of sp³-hybridized carbons (Fsp3) is 0.625. The second kappa shape index (κ2) is 3.85. The summed E-state index contributed by atoms with van der Waals surface area (Å²) in [5.41, 5.74) is 4.97.